The molecule has 0 aliphatic carbocycles. The van der Waals surface area contributed by atoms with Crippen LogP contribution in [0.15, 0.2) is 36.7 Å². The number of aryl methyl sites for hydroxylation is 1. The Balaban J connectivity index is 2.17. The number of rotatable bonds is 3. The van der Waals surface area contributed by atoms with Crippen LogP contribution in [-0.4, -0.2) is 24.6 Å². The first-order chi connectivity index (χ1) is 10.1. The van der Waals surface area contributed by atoms with E-state index in [2.05, 4.69) is 9.97 Å². The van der Waals surface area contributed by atoms with Crippen molar-refractivity contribution in [2.24, 2.45) is 0 Å². The van der Waals surface area contributed by atoms with Crippen molar-refractivity contribution in [3.63, 3.8) is 0 Å². The molecule has 2 aromatic heterocycles. The summed E-state index contributed by atoms with van der Waals surface area (Å²) < 4.78 is 1.71. The molecule has 2 N–H and O–H groups in total. The van der Waals surface area contributed by atoms with Gasteiger partial charge in [0.2, 0.25) is 5.78 Å². The molecule has 0 radical (unpaired) electrons. The van der Waals surface area contributed by atoms with Gasteiger partial charge in [-0.15, -0.1) is 0 Å². The topological polar surface area (TPSA) is 70.7 Å². The van der Waals surface area contributed by atoms with Crippen LogP contribution in [0.2, 0.25) is 5.02 Å². The van der Waals surface area contributed by atoms with Crippen LogP contribution in [0.1, 0.15) is 30.0 Å². The number of benzene rings is 1. The van der Waals surface area contributed by atoms with E-state index in [1.54, 1.807) is 34.9 Å². The van der Waals surface area contributed by atoms with Crippen LogP contribution in [0.3, 0.4) is 0 Å². The molecule has 6 heteroatoms. The molecule has 0 aliphatic rings. The molecule has 0 spiro atoms. The van der Waals surface area contributed by atoms with Crippen LogP contribution in [0.4, 0.5) is 0 Å². The number of aliphatic hydroxyl groups is 1. The molecule has 0 saturated carbocycles. The SMILES string of the molecule is CCc1nc2ncc(Cl)cn2c1C(O)c1ccc(O)cc1. The second-order valence-corrected chi connectivity index (χ2v) is 5.17. The van der Waals surface area contributed by atoms with Crippen LogP contribution < -0.4 is 0 Å². The molecule has 0 amide bonds. The van der Waals surface area contributed by atoms with E-state index < -0.39 is 6.10 Å². The minimum absolute atomic E-state index is 0.157. The van der Waals surface area contributed by atoms with Gasteiger partial charge in [-0.2, -0.15) is 0 Å². The van der Waals surface area contributed by atoms with E-state index in [1.807, 2.05) is 6.92 Å². The fraction of sp³-hybridized carbons (Fsp3) is 0.200. The Hall–Kier alpha value is -2.11. The number of aliphatic hydroxyl groups excluding tert-OH is 1. The molecule has 0 bridgehead atoms. The number of imidazole rings is 1. The van der Waals surface area contributed by atoms with Gasteiger partial charge in [0.15, 0.2) is 0 Å². The monoisotopic (exact) mass is 303 g/mol. The van der Waals surface area contributed by atoms with E-state index in [1.165, 1.54) is 6.20 Å². The highest BCUT2D eigenvalue weighted by molar-refractivity contribution is 6.30. The van der Waals surface area contributed by atoms with Crippen LogP contribution in [0, 0.1) is 0 Å². The average molecular weight is 304 g/mol. The zero-order valence-electron chi connectivity index (χ0n) is 11.4. The Kier molecular flexibility index (Phi) is 3.53. The average Bonchev–Trinajstić information content (AvgIpc) is 2.85. The maximum atomic E-state index is 10.7. The van der Waals surface area contributed by atoms with Crippen molar-refractivity contribution in [2.75, 3.05) is 0 Å². The number of aromatic hydroxyl groups is 1. The lowest BCUT2D eigenvalue weighted by atomic mass is 10.0. The molecule has 1 aromatic carbocycles. The molecule has 3 rings (SSSR count). The Morgan fingerprint density at radius 3 is 2.67 bits per heavy atom. The largest absolute Gasteiger partial charge is 0.508 e. The molecule has 1 unspecified atom stereocenters. The van der Waals surface area contributed by atoms with Gasteiger partial charge in [-0.25, -0.2) is 9.97 Å². The van der Waals surface area contributed by atoms with Crippen molar-refractivity contribution in [3.8, 4) is 5.75 Å². The predicted octanol–water partition coefficient (Wildman–Crippen LogP) is 2.73. The summed E-state index contributed by atoms with van der Waals surface area (Å²) in [7, 11) is 0. The molecule has 21 heavy (non-hydrogen) atoms. The van der Waals surface area contributed by atoms with Crippen molar-refractivity contribution in [1.29, 1.82) is 0 Å². The van der Waals surface area contributed by atoms with Crippen molar-refractivity contribution >= 4 is 17.4 Å². The first kappa shape index (κ1) is 13.9. The minimum atomic E-state index is -0.865. The Bertz CT molecular complexity index is 783. The lowest BCUT2D eigenvalue weighted by Gasteiger charge is -2.13. The fourth-order valence-corrected chi connectivity index (χ4v) is 2.48. The number of halogens is 1. The summed E-state index contributed by atoms with van der Waals surface area (Å²) in [5.74, 6) is 0.661. The maximum Gasteiger partial charge on any atom is 0.234 e. The number of phenolic OH excluding ortho intramolecular Hbond substituents is 1. The quantitative estimate of drug-likeness (QED) is 0.780. The fourth-order valence-electron chi connectivity index (χ4n) is 2.34. The molecule has 0 fully saturated rings. The third-order valence-corrected chi connectivity index (χ3v) is 3.56. The Morgan fingerprint density at radius 1 is 1.29 bits per heavy atom. The summed E-state index contributed by atoms with van der Waals surface area (Å²) in [4.78, 5) is 8.59. The van der Waals surface area contributed by atoms with E-state index in [9.17, 15) is 10.2 Å². The number of fused-ring (bicyclic) bond motifs is 1. The highest BCUT2D eigenvalue weighted by Gasteiger charge is 2.21. The smallest absolute Gasteiger partial charge is 0.234 e. The van der Waals surface area contributed by atoms with E-state index in [0.29, 0.717) is 28.5 Å². The number of phenols is 1. The summed E-state index contributed by atoms with van der Waals surface area (Å²) in [6.07, 6.45) is 3.02. The van der Waals surface area contributed by atoms with Crippen LogP contribution in [-0.2, 0) is 6.42 Å². The van der Waals surface area contributed by atoms with Gasteiger partial charge >= 0.3 is 0 Å². The van der Waals surface area contributed by atoms with Crippen molar-refractivity contribution in [3.05, 3.63) is 58.6 Å². The van der Waals surface area contributed by atoms with E-state index in [4.69, 9.17) is 11.6 Å². The van der Waals surface area contributed by atoms with Gasteiger partial charge in [0, 0.05) is 6.20 Å². The molecule has 2 heterocycles. The summed E-state index contributed by atoms with van der Waals surface area (Å²) in [5.41, 5.74) is 2.09. The first-order valence-electron chi connectivity index (χ1n) is 6.59. The Morgan fingerprint density at radius 2 is 2.00 bits per heavy atom. The first-order valence-corrected chi connectivity index (χ1v) is 6.97. The number of hydrogen-bond acceptors (Lipinski definition) is 4. The molecule has 5 nitrogen and oxygen atoms in total. The Labute approximate surface area is 126 Å². The van der Waals surface area contributed by atoms with Crippen LogP contribution in [0.5, 0.6) is 5.75 Å². The summed E-state index contributed by atoms with van der Waals surface area (Å²) in [6, 6.07) is 6.44. The standard InChI is InChI=1S/C15H14ClN3O2/c1-2-12-13(14(21)9-3-5-11(20)6-4-9)19-8-10(16)7-17-15(19)18-12/h3-8,14,20-21H,2H2,1H3. The van der Waals surface area contributed by atoms with Gasteiger partial charge in [-0.05, 0) is 24.1 Å². The normalized spacial score (nSPS) is 12.7. The number of aromatic nitrogens is 3. The van der Waals surface area contributed by atoms with Gasteiger partial charge in [-0.3, -0.25) is 4.40 Å². The minimum Gasteiger partial charge on any atom is -0.508 e. The third kappa shape index (κ3) is 2.46. The predicted molar refractivity (Wildman–Crippen MR) is 79.5 cm³/mol. The number of nitrogens with zero attached hydrogens (tertiary/aromatic N) is 3. The van der Waals surface area contributed by atoms with Gasteiger partial charge in [0.25, 0.3) is 0 Å². The van der Waals surface area contributed by atoms with Gasteiger partial charge < -0.3 is 10.2 Å². The van der Waals surface area contributed by atoms with Crippen LogP contribution >= 0.6 is 11.6 Å². The molecule has 0 saturated heterocycles. The summed E-state index contributed by atoms with van der Waals surface area (Å²) in [5, 5.41) is 20.5. The van der Waals surface area contributed by atoms with Crippen molar-refractivity contribution in [2.45, 2.75) is 19.4 Å². The highest BCUT2D eigenvalue weighted by Crippen LogP contribution is 2.27. The molecule has 108 valence electrons. The number of hydrogen-bond donors (Lipinski definition) is 2. The molecular formula is C15H14ClN3O2. The van der Waals surface area contributed by atoms with Crippen molar-refractivity contribution in [1.82, 2.24) is 14.4 Å². The third-order valence-electron chi connectivity index (χ3n) is 3.36. The molecular weight excluding hydrogens is 290 g/mol. The van der Waals surface area contributed by atoms with Gasteiger partial charge in [-0.1, -0.05) is 30.7 Å². The van der Waals surface area contributed by atoms with Gasteiger partial charge in [0.05, 0.1) is 22.6 Å². The van der Waals surface area contributed by atoms with Crippen molar-refractivity contribution < 1.29 is 10.2 Å². The lowest BCUT2D eigenvalue weighted by molar-refractivity contribution is 0.213. The highest BCUT2D eigenvalue weighted by atomic mass is 35.5. The summed E-state index contributed by atoms with van der Waals surface area (Å²) >= 11 is 5.99. The van der Waals surface area contributed by atoms with E-state index in [0.717, 1.165) is 5.69 Å². The molecule has 0 aliphatic heterocycles. The van der Waals surface area contributed by atoms with E-state index >= 15 is 0 Å². The molecule has 3 aromatic rings. The zero-order valence-corrected chi connectivity index (χ0v) is 12.1. The lowest BCUT2D eigenvalue weighted by Crippen LogP contribution is -2.06. The maximum absolute atomic E-state index is 10.7. The second-order valence-electron chi connectivity index (χ2n) is 4.73. The van der Waals surface area contributed by atoms with Gasteiger partial charge in [0.1, 0.15) is 11.9 Å². The van der Waals surface area contributed by atoms with Crippen LogP contribution in [0.25, 0.3) is 5.78 Å². The summed E-state index contributed by atoms with van der Waals surface area (Å²) in [6.45, 7) is 1.97. The zero-order chi connectivity index (χ0) is 15.0. The van der Waals surface area contributed by atoms with E-state index in [-0.39, 0.29) is 5.75 Å². The molecule has 1 atom stereocenters. The second kappa shape index (κ2) is 5.35.